The molecule has 1 aromatic rings. The molecule has 0 spiro atoms. The van der Waals surface area contributed by atoms with Gasteiger partial charge >= 0.3 is 0 Å². The number of carbonyl (C=O) groups is 1. The van der Waals surface area contributed by atoms with E-state index in [1.54, 1.807) is 23.2 Å². The maximum absolute atomic E-state index is 11.6. The van der Waals surface area contributed by atoms with Gasteiger partial charge in [-0.3, -0.25) is 9.69 Å². The Bertz CT molecular complexity index is 383. The van der Waals surface area contributed by atoms with E-state index in [0.717, 1.165) is 0 Å². The molecule has 0 aliphatic carbocycles. The van der Waals surface area contributed by atoms with Gasteiger partial charge < -0.3 is 5.11 Å². The van der Waals surface area contributed by atoms with E-state index in [4.69, 9.17) is 16.7 Å². The maximum Gasteiger partial charge on any atom is 0.228 e. The van der Waals surface area contributed by atoms with Crippen molar-refractivity contribution in [2.24, 2.45) is 5.92 Å². The number of aliphatic hydroxyl groups excluding tert-OH is 1. The molecule has 1 atom stereocenters. The molecule has 1 fully saturated rings. The highest BCUT2D eigenvalue weighted by molar-refractivity contribution is 6.30. The van der Waals surface area contributed by atoms with Gasteiger partial charge in [-0.1, -0.05) is 11.6 Å². The van der Waals surface area contributed by atoms with Gasteiger partial charge in [0, 0.05) is 36.7 Å². The van der Waals surface area contributed by atoms with E-state index in [9.17, 15) is 4.79 Å². The summed E-state index contributed by atoms with van der Waals surface area (Å²) in [4.78, 5) is 17.2. The molecule has 1 aliphatic rings. The first-order valence-electron chi connectivity index (χ1n) is 4.73. The number of hydrogen-bond acceptors (Lipinski definition) is 3. The van der Waals surface area contributed by atoms with Crippen LogP contribution in [0.3, 0.4) is 0 Å². The summed E-state index contributed by atoms with van der Waals surface area (Å²) in [5.74, 6) is 0.561. The highest BCUT2D eigenvalue weighted by Gasteiger charge is 2.30. The van der Waals surface area contributed by atoms with E-state index in [-0.39, 0.29) is 18.4 Å². The number of carbonyl (C=O) groups excluding carboxylic acids is 1. The average molecular weight is 227 g/mol. The Morgan fingerprint density at radius 2 is 2.47 bits per heavy atom. The SMILES string of the molecule is O=C1CC(CO)CN1c1cc(Cl)ccn1. The molecule has 80 valence electrons. The molecule has 1 aromatic heterocycles. The zero-order valence-corrected chi connectivity index (χ0v) is 8.81. The first-order valence-corrected chi connectivity index (χ1v) is 5.11. The summed E-state index contributed by atoms with van der Waals surface area (Å²) in [5, 5.41) is 9.53. The quantitative estimate of drug-likeness (QED) is 0.821. The van der Waals surface area contributed by atoms with Crippen molar-refractivity contribution in [3.8, 4) is 0 Å². The average Bonchev–Trinajstić information content (AvgIpc) is 2.60. The van der Waals surface area contributed by atoms with Gasteiger partial charge in [-0.15, -0.1) is 0 Å². The van der Waals surface area contributed by atoms with Crippen LogP contribution in [0.15, 0.2) is 18.3 Å². The Balaban J connectivity index is 2.21. The standard InChI is InChI=1S/C10H11ClN2O2/c11-8-1-2-12-9(4-8)13-5-7(6-14)3-10(13)15/h1-2,4,7,14H,3,5-6H2. The van der Waals surface area contributed by atoms with E-state index in [1.165, 1.54) is 0 Å². The zero-order valence-electron chi connectivity index (χ0n) is 8.06. The van der Waals surface area contributed by atoms with Crippen LogP contribution in [0.25, 0.3) is 0 Å². The van der Waals surface area contributed by atoms with Gasteiger partial charge in [-0.2, -0.15) is 0 Å². The predicted molar refractivity (Wildman–Crippen MR) is 56.8 cm³/mol. The van der Waals surface area contributed by atoms with Crippen LogP contribution in [0, 0.1) is 5.92 Å². The van der Waals surface area contributed by atoms with Gasteiger partial charge in [0.1, 0.15) is 5.82 Å². The Morgan fingerprint density at radius 1 is 1.67 bits per heavy atom. The second-order valence-corrected chi connectivity index (χ2v) is 4.03. The molecule has 1 saturated heterocycles. The Morgan fingerprint density at radius 3 is 3.07 bits per heavy atom. The molecule has 5 heteroatoms. The minimum absolute atomic E-state index is 0.0104. The third kappa shape index (κ3) is 2.11. The first kappa shape index (κ1) is 10.4. The van der Waals surface area contributed by atoms with Gasteiger partial charge in [0.15, 0.2) is 0 Å². The summed E-state index contributed by atoms with van der Waals surface area (Å²) in [7, 11) is 0. The van der Waals surface area contributed by atoms with Crippen molar-refractivity contribution < 1.29 is 9.90 Å². The predicted octanol–water partition coefficient (Wildman–Crippen LogP) is 1.08. The van der Waals surface area contributed by atoms with E-state index in [1.807, 2.05) is 0 Å². The van der Waals surface area contributed by atoms with Crippen LogP contribution in [0.5, 0.6) is 0 Å². The zero-order chi connectivity index (χ0) is 10.8. The molecule has 0 aromatic carbocycles. The smallest absolute Gasteiger partial charge is 0.228 e. The lowest BCUT2D eigenvalue weighted by Gasteiger charge is -2.14. The fraction of sp³-hybridized carbons (Fsp3) is 0.400. The van der Waals surface area contributed by atoms with Crippen molar-refractivity contribution in [3.63, 3.8) is 0 Å². The van der Waals surface area contributed by atoms with Crippen LogP contribution >= 0.6 is 11.6 Å². The molecule has 0 bridgehead atoms. The topological polar surface area (TPSA) is 53.4 Å². The van der Waals surface area contributed by atoms with Crippen molar-refractivity contribution in [3.05, 3.63) is 23.4 Å². The molecule has 2 heterocycles. The summed E-state index contributed by atoms with van der Waals surface area (Å²) in [5.41, 5.74) is 0. The van der Waals surface area contributed by atoms with Crippen LogP contribution < -0.4 is 4.90 Å². The maximum atomic E-state index is 11.6. The van der Waals surface area contributed by atoms with Crippen molar-refractivity contribution >= 4 is 23.3 Å². The molecule has 4 nitrogen and oxygen atoms in total. The van der Waals surface area contributed by atoms with Crippen molar-refractivity contribution in [1.29, 1.82) is 0 Å². The van der Waals surface area contributed by atoms with Crippen LogP contribution in [-0.2, 0) is 4.79 Å². The van der Waals surface area contributed by atoms with Gasteiger partial charge in [-0.05, 0) is 12.1 Å². The highest BCUT2D eigenvalue weighted by atomic mass is 35.5. The minimum atomic E-state index is -0.0104. The lowest BCUT2D eigenvalue weighted by atomic mass is 10.1. The third-order valence-electron chi connectivity index (χ3n) is 2.45. The molecule has 0 radical (unpaired) electrons. The summed E-state index contributed by atoms with van der Waals surface area (Å²) in [6, 6.07) is 3.31. The van der Waals surface area contributed by atoms with Gasteiger partial charge in [-0.25, -0.2) is 4.98 Å². The highest BCUT2D eigenvalue weighted by Crippen LogP contribution is 2.24. The Labute approximate surface area is 92.5 Å². The Hall–Kier alpha value is -1.13. The lowest BCUT2D eigenvalue weighted by molar-refractivity contribution is -0.117. The van der Waals surface area contributed by atoms with E-state index in [0.29, 0.717) is 23.8 Å². The first-order chi connectivity index (χ1) is 7.20. The van der Waals surface area contributed by atoms with Crippen molar-refractivity contribution in [2.45, 2.75) is 6.42 Å². The van der Waals surface area contributed by atoms with Crippen LogP contribution in [0.1, 0.15) is 6.42 Å². The second kappa shape index (κ2) is 4.16. The van der Waals surface area contributed by atoms with Crippen LogP contribution in [0.4, 0.5) is 5.82 Å². The molecule has 1 aliphatic heterocycles. The fourth-order valence-corrected chi connectivity index (χ4v) is 1.82. The van der Waals surface area contributed by atoms with Crippen LogP contribution in [-0.4, -0.2) is 29.1 Å². The number of anilines is 1. The number of amides is 1. The molecule has 2 rings (SSSR count). The summed E-state index contributed by atoms with van der Waals surface area (Å²) < 4.78 is 0. The number of aliphatic hydroxyl groups is 1. The van der Waals surface area contributed by atoms with Gasteiger partial charge in [0.05, 0.1) is 0 Å². The fourth-order valence-electron chi connectivity index (χ4n) is 1.67. The molecular formula is C10H11ClN2O2. The molecule has 1 unspecified atom stereocenters. The Kier molecular flexibility index (Phi) is 2.88. The lowest BCUT2D eigenvalue weighted by Crippen LogP contribution is -2.25. The number of rotatable bonds is 2. The molecule has 15 heavy (non-hydrogen) atoms. The number of hydrogen-bond donors (Lipinski definition) is 1. The number of pyridine rings is 1. The number of nitrogens with zero attached hydrogens (tertiary/aromatic N) is 2. The van der Waals surface area contributed by atoms with Gasteiger partial charge in [0.2, 0.25) is 5.91 Å². The monoisotopic (exact) mass is 226 g/mol. The summed E-state index contributed by atoms with van der Waals surface area (Å²) in [6.07, 6.45) is 1.95. The number of halogens is 1. The van der Waals surface area contributed by atoms with Crippen LogP contribution in [0.2, 0.25) is 5.02 Å². The van der Waals surface area contributed by atoms with Gasteiger partial charge in [0.25, 0.3) is 0 Å². The molecule has 0 saturated carbocycles. The molecule has 1 N–H and O–H groups in total. The number of aromatic nitrogens is 1. The molecule has 1 amide bonds. The molecular weight excluding hydrogens is 216 g/mol. The minimum Gasteiger partial charge on any atom is -0.396 e. The third-order valence-corrected chi connectivity index (χ3v) is 2.68. The second-order valence-electron chi connectivity index (χ2n) is 3.59. The van der Waals surface area contributed by atoms with Crippen molar-refractivity contribution in [1.82, 2.24) is 4.98 Å². The normalized spacial score (nSPS) is 21.1. The van der Waals surface area contributed by atoms with Crippen molar-refractivity contribution in [2.75, 3.05) is 18.1 Å². The largest absolute Gasteiger partial charge is 0.396 e. The van der Waals surface area contributed by atoms with E-state index < -0.39 is 0 Å². The van der Waals surface area contributed by atoms with E-state index in [2.05, 4.69) is 4.98 Å². The van der Waals surface area contributed by atoms with E-state index >= 15 is 0 Å². The summed E-state index contributed by atoms with van der Waals surface area (Å²) in [6.45, 7) is 0.547. The summed E-state index contributed by atoms with van der Waals surface area (Å²) >= 11 is 5.81.